The summed E-state index contributed by atoms with van der Waals surface area (Å²) in [5, 5.41) is 6.29. The highest BCUT2D eigenvalue weighted by Gasteiger charge is 2.05. The molecule has 20 heavy (non-hydrogen) atoms. The maximum atomic E-state index is 5.07. The van der Waals surface area contributed by atoms with Crippen molar-refractivity contribution in [3.63, 3.8) is 0 Å². The molecule has 0 aliphatic carbocycles. The molecule has 0 aliphatic rings. The van der Waals surface area contributed by atoms with Crippen molar-refractivity contribution in [1.82, 2.24) is 15.0 Å². The highest BCUT2D eigenvalue weighted by Crippen LogP contribution is 2.11. The molecule has 1 aromatic heterocycles. The zero-order valence-corrected chi connectivity index (χ0v) is 12.9. The van der Waals surface area contributed by atoms with Gasteiger partial charge < -0.3 is 15.4 Å². The predicted molar refractivity (Wildman–Crippen MR) is 82.4 cm³/mol. The van der Waals surface area contributed by atoms with Gasteiger partial charge in [-0.25, -0.2) is 0 Å². The number of rotatable bonds is 11. The summed E-state index contributed by atoms with van der Waals surface area (Å²) in [7, 11) is 1.56. The van der Waals surface area contributed by atoms with Gasteiger partial charge in [-0.1, -0.05) is 39.0 Å². The molecule has 0 aliphatic heterocycles. The summed E-state index contributed by atoms with van der Waals surface area (Å²) in [4.78, 5) is 12.6. The Balaban J connectivity index is 2.33. The molecule has 0 saturated carbocycles. The van der Waals surface area contributed by atoms with Gasteiger partial charge in [0.05, 0.1) is 7.11 Å². The number of unbranched alkanes of at least 4 members (excludes halogenated alkanes) is 5. The van der Waals surface area contributed by atoms with Gasteiger partial charge in [0.25, 0.3) is 0 Å². The Morgan fingerprint density at radius 1 is 0.850 bits per heavy atom. The van der Waals surface area contributed by atoms with Crippen LogP contribution in [0.25, 0.3) is 0 Å². The van der Waals surface area contributed by atoms with Crippen LogP contribution in [-0.4, -0.2) is 35.2 Å². The molecule has 0 spiro atoms. The summed E-state index contributed by atoms with van der Waals surface area (Å²) < 4.78 is 5.07. The molecule has 0 unspecified atom stereocenters. The number of nitrogens with zero attached hydrogens (tertiary/aromatic N) is 3. The second-order valence-electron chi connectivity index (χ2n) is 4.69. The van der Waals surface area contributed by atoms with Crippen molar-refractivity contribution in [3.05, 3.63) is 0 Å². The standard InChI is InChI=1S/C14H27N5O/c1-4-6-7-8-9-10-11-16-13-17-12(15-5-2)18-14(19-13)20-3/h4-11H2,1-3H3,(H2,15,16,17,18,19). The summed E-state index contributed by atoms with van der Waals surface area (Å²) in [5.74, 6) is 1.12. The third-order valence-electron chi connectivity index (χ3n) is 2.95. The lowest BCUT2D eigenvalue weighted by Crippen LogP contribution is -2.10. The first kappa shape index (κ1) is 16.5. The van der Waals surface area contributed by atoms with E-state index in [0.29, 0.717) is 17.9 Å². The molecular formula is C14H27N5O. The molecule has 6 nitrogen and oxygen atoms in total. The lowest BCUT2D eigenvalue weighted by atomic mass is 10.1. The average Bonchev–Trinajstić information content (AvgIpc) is 2.46. The summed E-state index contributed by atoms with van der Waals surface area (Å²) in [6, 6.07) is 0.335. The van der Waals surface area contributed by atoms with Gasteiger partial charge in [0.2, 0.25) is 11.9 Å². The predicted octanol–water partition coefficient (Wildman–Crippen LogP) is 3.08. The van der Waals surface area contributed by atoms with Gasteiger partial charge in [-0.3, -0.25) is 0 Å². The fraction of sp³-hybridized carbons (Fsp3) is 0.786. The van der Waals surface area contributed by atoms with Crippen LogP contribution < -0.4 is 15.4 Å². The van der Waals surface area contributed by atoms with Crippen molar-refractivity contribution >= 4 is 11.9 Å². The van der Waals surface area contributed by atoms with Gasteiger partial charge >= 0.3 is 6.01 Å². The number of ether oxygens (including phenoxy) is 1. The zero-order valence-electron chi connectivity index (χ0n) is 12.9. The summed E-state index contributed by atoms with van der Waals surface area (Å²) >= 11 is 0. The van der Waals surface area contributed by atoms with Gasteiger partial charge in [-0.05, 0) is 13.3 Å². The molecule has 0 amide bonds. The Bertz CT molecular complexity index is 373. The molecule has 2 N–H and O–H groups in total. The van der Waals surface area contributed by atoms with E-state index >= 15 is 0 Å². The zero-order chi connectivity index (χ0) is 14.6. The number of nitrogens with one attached hydrogen (secondary N) is 2. The van der Waals surface area contributed by atoms with Gasteiger partial charge in [0.15, 0.2) is 0 Å². The molecule has 0 aromatic carbocycles. The van der Waals surface area contributed by atoms with Gasteiger partial charge in [0.1, 0.15) is 0 Å². The van der Waals surface area contributed by atoms with E-state index in [2.05, 4.69) is 32.5 Å². The number of hydrogen-bond acceptors (Lipinski definition) is 6. The Hall–Kier alpha value is -1.59. The van der Waals surface area contributed by atoms with E-state index in [0.717, 1.165) is 19.5 Å². The largest absolute Gasteiger partial charge is 0.467 e. The lowest BCUT2D eigenvalue weighted by Gasteiger charge is -2.08. The van der Waals surface area contributed by atoms with Crippen LogP contribution in [0.3, 0.4) is 0 Å². The van der Waals surface area contributed by atoms with Crippen LogP contribution in [0.5, 0.6) is 6.01 Å². The molecular weight excluding hydrogens is 254 g/mol. The van der Waals surface area contributed by atoms with Gasteiger partial charge in [0, 0.05) is 13.1 Å². The highest BCUT2D eigenvalue weighted by molar-refractivity contribution is 5.35. The molecule has 0 fully saturated rings. The molecule has 0 atom stereocenters. The van der Waals surface area contributed by atoms with E-state index < -0.39 is 0 Å². The number of hydrogen-bond donors (Lipinski definition) is 2. The molecule has 6 heteroatoms. The first-order valence-corrected chi connectivity index (χ1v) is 7.58. The van der Waals surface area contributed by atoms with Crippen molar-refractivity contribution in [2.45, 2.75) is 52.4 Å². The SMILES string of the molecule is CCCCCCCCNc1nc(NCC)nc(OC)n1. The fourth-order valence-electron chi connectivity index (χ4n) is 1.87. The molecule has 1 heterocycles. The summed E-state index contributed by atoms with van der Waals surface area (Å²) in [6.07, 6.45) is 7.64. The molecule has 0 bridgehead atoms. The highest BCUT2D eigenvalue weighted by atomic mass is 16.5. The maximum Gasteiger partial charge on any atom is 0.322 e. The van der Waals surface area contributed by atoms with E-state index in [1.165, 1.54) is 32.1 Å². The number of aromatic nitrogens is 3. The molecule has 1 rings (SSSR count). The van der Waals surface area contributed by atoms with Crippen molar-refractivity contribution in [2.75, 3.05) is 30.8 Å². The quantitative estimate of drug-likeness (QED) is 0.607. The monoisotopic (exact) mass is 281 g/mol. The van der Waals surface area contributed by atoms with Crippen molar-refractivity contribution in [2.24, 2.45) is 0 Å². The Morgan fingerprint density at radius 3 is 2.15 bits per heavy atom. The first-order chi connectivity index (χ1) is 9.80. The molecule has 114 valence electrons. The maximum absolute atomic E-state index is 5.07. The third kappa shape index (κ3) is 6.54. The van der Waals surface area contributed by atoms with E-state index in [-0.39, 0.29) is 0 Å². The van der Waals surface area contributed by atoms with Crippen LogP contribution in [0.1, 0.15) is 52.4 Å². The van der Waals surface area contributed by atoms with Crippen LogP contribution >= 0.6 is 0 Å². The van der Waals surface area contributed by atoms with E-state index in [9.17, 15) is 0 Å². The Kier molecular flexibility index (Phi) is 8.42. The molecule has 1 aromatic rings. The van der Waals surface area contributed by atoms with Crippen LogP contribution in [0, 0.1) is 0 Å². The number of anilines is 2. The topological polar surface area (TPSA) is 72.0 Å². The molecule has 0 saturated heterocycles. The second-order valence-corrected chi connectivity index (χ2v) is 4.69. The first-order valence-electron chi connectivity index (χ1n) is 7.58. The average molecular weight is 281 g/mol. The van der Waals surface area contributed by atoms with Gasteiger partial charge in [-0.15, -0.1) is 0 Å². The van der Waals surface area contributed by atoms with Crippen molar-refractivity contribution in [3.8, 4) is 6.01 Å². The Labute approximate surface area is 121 Å². The lowest BCUT2D eigenvalue weighted by molar-refractivity contribution is 0.379. The Morgan fingerprint density at radius 2 is 1.50 bits per heavy atom. The summed E-state index contributed by atoms with van der Waals surface area (Å²) in [6.45, 7) is 5.88. The minimum Gasteiger partial charge on any atom is -0.467 e. The van der Waals surface area contributed by atoms with Crippen LogP contribution in [-0.2, 0) is 0 Å². The van der Waals surface area contributed by atoms with E-state index in [4.69, 9.17) is 4.74 Å². The van der Waals surface area contributed by atoms with Crippen molar-refractivity contribution in [1.29, 1.82) is 0 Å². The second kappa shape index (κ2) is 10.2. The normalized spacial score (nSPS) is 10.3. The van der Waals surface area contributed by atoms with E-state index in [1.807, 2.05) is 6.92 Å². The minimum absolute atomic E-state index is 0.335. The summed E-state index contributed by atoms with van der Waals surface area (Å²) in [5.41, 5.74) is 0. The molecule has 0 radical (unpaired) electrons. The van der Waals surface area contributed by atoms with Crippen LogP contribution in [0.4, 0.5) is 11.9 Å². The van der Waals surface area contributed by atoms with Gasteiger partial charge in [-0.2, -0.15) is 15.0 Å². The smallest absolute Gasteiger partial charge is 0.322 e. The van der Waals surface area contributed by atoms with Crippen LogP contribution in [0.15, 0.2) is 0 Å². The number of methoxy groups -OCH3 is 1. The third-order valence-corrected chi connectivity index (χ3v) is 2.95. The van der Waals surface area contributed by atoms with Crippen molar-refractivity contribution < 1.29 is 4.74 Å². The van der Waals surface area contributed by atoms with Crippen LogP contribution in [0.2, 0.25) is 0 Å². The minimum atomic E-state index is 0.335. The fourth-order valence-corrected chi connectivity index (χ4v) is 1.87. The van der Waals surface area contributed by atoms with E-state index in [1.54, 1.807) is 7.11 Å².